The van der Waals surface area contributed by atoms with Gasteiger partial charge in [0.05, 0.1) is 33.9 Å². The van der Waals surface area contributed by atoms with Gasteiger partial charge in [0.25, 0.3) is 5.91 Å². The van der Waals surface area contributed by atoms with Crippen LogP contribution < -0.4 is 0 Å². The molecular formula is C20H19ClN6O3. The second-order valence-corrected chi connectivity index (χ2v) is 7.72. The predicted molar refractivity (Wildman–Crippen MR) is 107 cm³/mol. The Labute approximate surface area is 176 Å². The number of fused-ring (bicyclic) bond motifs is 2. The van der Waals surface area contributed by atoms with E-state index in [1.165, 1.54) is 0 Å². The summed E-state index contributed by atoms with van der Waals surface area (Å²) in [6, 6.07) is 4.96. The number of imidazole rings is 1. The fraction of sp³-hybridized carbons (Fsp3) is 0.300. The molecule has 4 aromatic heterocycles. The molecular weight excluding hydrogens is 408 g/mol. The van der Waals surface area contributed by atoms with E-state index in [2.05, 4.69) is 20.1 Å². The molecule has 5 rings (SSSR count). The predicted octanol–water partition coefficient (Wildman–Crippen LogP) is 2.85. The van der Waals surface area contributed by atoms with Crippen molar-refractivity contribution < 1.29 is 14.3 Å². The molecule has 5 heterocycles. The molecule has 0 radical (unpaired) electrons. The number of aromatic nitrogens is 5. The van der Waals surface area contributed by atoms with E-state index in [1.807, 2.05) is 12.1 Å². The first-order valence-corrected chi connectivity index (χ1v) is 9.94. The zero-order valence-corrected chi connectivity index (χ0v) is 17.1. The molecule has 0 fully saturated rings. The summed E-state index contributed by atoms with van der Waals surface area (Å²) in [5.41, 5.74) is 3.53. The van der Waals surface area contributed by atoms with E-state index in [4.69, 9.17) is 16.0 Å². The van der Waals surface area contributed by atoms with Crippen molar-refractivity contribution >= 4 is 23.0 Å². The molecule has 10 heteroatoms. The van der Waals surface area contributed by atoms with Gasteiger partial charge in [-0.3, -0.25) is 4.79 Å². The number of aliphatic hydroxyl groups is 1. The van der Waals surface area contributed by atoms with Crippen LogP contribution in [0.25, 0.3) is 5.52 Å². The number of halogens is 1. The Morgan fingerprint density at radius 2 is 2.30 bits per heavy atom. The van der Waals surface area contributed by atoms with E-state index in [0.29, 0.717) is 29.4 Å². The fourth-order valence-electron chi connectivity index (χ4n) is 3.85. The van der Waals surface area contributed by atoms with Crippen molar-refractivity contribution in [3.05, 3.63) is 70.2 Å². The van der Waals surface area contributed by atoms with Gasteiger partial charge in [-0.2, -0.15) is 5.10 Å². The summed E-state index contributed by atoms with van der Waals surface area (Å²) in [6.45, 7) is 3.68. The lowest BCUT2D eigenvalue weighted by Gasteiger charge is -2.33. The zero-order valence-electron chi connectivity index (χ0n) is 16.3. The minimum atomic E-state index is -0.902. The highest BCUT2D eigenvalue weighted by Crippen LogP contribution is 2.35. The van der Waals surface area contributed by atoms with Crippen LogP contribution in [0, 0.1) is 6.92 Å². The molecule has 0 saturated heterocycles. The third-order valence-electron chi connectivity index (χ3n) is 5.30. The van der Waals surface area contributed by atoms with Crippen LogP contribution in [0.15, 0.2) is 35.1 Å². The number of carbonyl (C=O) groups excluding carboxylic acids is 1. The van der Waals surface area contributed by atoms with E-state index in [-0.39, 0.29) is 17.6 Å². The van der Waals surface area contributed by atoms with Crippen LogP contribution >= 0.6 is 11.6 Å². The maximum absolute atomic E-state index is 13.5. The van der Waals surface area contributed by atoms with Crippen molar-refractivity contribution in [1.29, 1.82) is 0 Å². The number of aryl methyl sites for hydroxylation is 1. The Kier molecular flexibility index (Phi) is 4.37. The summed E-state index contributed by atoms with van der Waals surface area (Å²) in [5.74, 6) is -0.102. The van der Waals surface area contributed by atoms with Crippen molar-refractivity contribution in [1.82, 2.24) is 29.5 Å². The van der Waals surface area contributed by atoms with Crippen molar-refractivity contribution in [2.24, 2.45) is 0 Å². The van der Waals surface area contributed by atoms with Crippen molar-refractivity contribution in [3.8, 4) is 0 Å². The molecule has 4 aromatic rings. The number of aliphatic hydroxyl groups excluding tert-OH is 1. The number of aromatic amines is 1. The second kappa shape index (κ2) is 6.96. The highest BCUT2D eigenvalue weighted by Gasteiger charge is 2.38. The van der Waals surface area contributed by atoms with Gasteiger partial charge in [0.2, 0.25) is 11.7 Å². The third kappa shape index (κ3) is 2.89. The SMILES string of the molecule is Cc1nc([C@@H](C)O)oc1C(=O)N1CCc2[nH]cnc2[C@@H]1c1cc2c(Cl)cccn2n1. The maximum Gasteiger partial charge on any atom is 0.292 e. The number of pyridine rings is 1. The van der Waals surface area contributed by atoms with E-state index >= 15 is 0 Å². The Balaban J connectivity index is 1.62. The molecule has 0 saturated carbocycles. The van der Waals surface area contributed by atoms with Crippen molar-refractivity contribution in [2.75, 3.05) is 6.54 Å². The van der Waals surface area contributed by atoms with E-state index in [9.17, 15) is 9.90 Å². The van der Waals surface area contributed by atoms with Gasteiger partial charge in [-0.15, -0.1) is 0 Å². The molecule has 1 aliphatic heterocycles. The Hall–Kier alpha value is -3.17. The maximum atomic E-state index is 13.5. The number of hydrogen-bond acceptors (Lipinski definition) is 6. The Morgan fingerprint density at radius 1 is 1.47 bits per heavy atom. The number of nitrogens with one attached hydrogen (secondary N) is 1. The summed E-state index contributed by atoms with van der Waals surface area (Å²) >= 11 is 6.33. The van der Waals surface area contributed by atoms with Gasteiger partial charge in [-0.25, -0.2) is 14.5 Å². The monoisotopic (exact) mass is 426 g/mol. The minimum Gasteiger partial charge on any atom is -0.432 e. The van der Waals surface area contributed by atoms with Crippen LogP contribution in [0.4, 0.5) is 0 Å². The average Bonchev–Trinajstić information content (AvgIpc) is 3.44. The molecule has 2 atom stereocenters. The van der Waals surface area contributed by atoms with Gasteiger partial charge >= 0.3 is 0 Å². The number of amides is 1. The number of H-pyrrole nitrogens is 1. The van der Waals surface area contributed by atoms with E-state index < -0.39 is 12.1 Å². The molecule has 0 bridgehead atoms. The molecule has 1 amide bonds. The number of rotatable bonds is 3. The summed E-state index contributed by atoms with van der Waals surface area (Å²) in [4.78, 5) is 27.0. The van der Waals surface area contributed by atoms with Crippen LogP contribution in [-0.4, -0.2) is 47.0 Å². The largest absolute Gasteiger partial charge is 0.432 e. The van der Waals surface area contributed by atoms with Crippen molar-refractivity contribution in [2.45, 2.75) is 32.4 Å². The lowest BCUT2D eigenvalue weighted by molar-refractivity contribution is 0.0644. The lowest BCUT2D eigenvalue weighted by atomic mass is 9.99. The molecule has 0 aromatic carbocycles. The first-order valence-electron chi connectivity index (χ1n) is 9.56. The molecule has 2 N–H and O–H groups in total. The number of oxazole rings is 1. The molecule has 154 valence electrons. The molecule has 30 heavy (non-hydrogen) atoms. The summed E-state index contributed by atoms with van der Waals surface area (Å²) < 4.78 is 7.28. The molecule has 9 nitrogen and oxygen atoms in total. The van der Waals surface area contributed by atoms with Crippen LogP contribution in [0.1, 0.15) is 58.3 Å². The normalized spacial score (nSPS) is 17.3. The highest BCUT2D eigenvalue weighted by atomic mass is 35.5. The van der Waals surface area contributed by atoms with E-state index in [1.54, 1.807) is 41.9 Å². The van der Waals surface area contributed by atoms with Gasteiger partial charge in [-0.05, 0) is 32.0 Å². The number of carbonyl (C=O) groups is 1. The number of nitrogens with zero attached hydrogens (tertiary/aromatic N) is 5. The number of hydrogen-bond donors (Lipinski definition) is 2. The van der Waals surface area contributed by atoms with Crippen LogP contribution in [0.5, 0.6) is 0 Å². The van der Waals surface area contributed by atoms with Gasteiger partial charge in [0.15, 0.2) is 0 Å². The third-order valence-corrected chi connectivity index (χ3v) is 5.62. The van der Waals surface area contributed by atoms with Crippen molar-refractivity contribution in [3.63, 3.8) is 0 Å². The zero-order chi connectivity index (χ0) is 21.0. The Bertz CT molecular complexity index is 1260. The van der Waals surface area contributed by atoms with Gasteiger partial charge < -0.3 is 19.4 Å². The summed E-state index contributed by atoms with van der Waals surface area (Å²) in [6.07, 6.45) is 3.16. The minimum absolute atomic E-state index is 0.108. The van der Waals surface area contributed by atoms with E-state index in [0.717, 1.165) is 16.9 Å². The topological polar surface area (TPSA) is 113 Å². The van der Waals surface area contributed by atoms with Crippen LogP contribution in [0.3, 0.4) is 0 Å². The highest BCUT2D eigenvalue weighted by molar-refractivity contribution is 6.33. The van der Waals surface area contributed by atoms with Crippen LogP contribution in [-0.2, 0) is 6.42 Å². The first-order chi connectivity index (χ1) is 14.4. The van der Waals surface area contributed by atoms with Gasteiger partial charge in [-0.1, -0.05) is 11.6 Å². The summed E-state index contributed by atoms with van der Waals surface area (Å²) in [5, 5.41) is 15.0. The second-order valence-electron chi connectivity index (χ2n) is 7.32. The summed E-state index contributed by atoms with van der Waals surface area (Å²) in [7, 11) is 0. The molecule has 1 aliphatic rings. The molecule has 0 aliphatic carbocycles. The molecule has 0 spiro atoms. The van der Waals surface area contributed by atoms with Crippen LogP contribution in [0.2, 0.25) is 5.02 Å². The average molecular weight is 427 g/mol. The first kappa shape index (κ1) is 18.8. The van der Waals surface area contributed by atoms with Gasteiger partial charge in [0, 0.05) is 24.9 Å². The lowest BCUT2D eigenvalue weighted by Crippen LogP contribution is -2.41. The standard InChI is InChI=1S/C20H19ClN6O3/c1-10-18(30-19(24-10)11(2)28)20(29)26-7-5-13-16(23-9-22-13)17(26)14-8-15-12(21)4-3-6-27(15)25-14/h3-4,6,8-9,11,17,28H,5,7H2,1-2H3,(H,22,23)/t11-,17+/m1/s1. The Morgan fingerprint density at radius 3 is 3.03 bits per heavy atom. The fourth-order valence-corrected chi connectivity index (χ4v) is 4.07. The molecule has 0 unspecified atom stereocenters. The van der Waals surface area contributed by atoms with Gasteiger partial charge in [0.1, 0.15) is 12.1 Å². The smallest absolute Gasteiger partial charge is 0.292 e. The quantitative estimate of drug-likeness (QED) is 0.521.